The number of sulfonamides is 1. The largest absolute Gasteiger partial charge is 0.263 e. The van der Waals surface area contributed by atoms with Crippen molar-refractivity contribution in [2.45, 2.75) is 11.4 Å². The van der Waals surface area contributed by atoms with Gasteiger partial charge in [0.1, 0.15) is 4.90 Å². The second-order valence-corrected chi connectivity index (χ2v) is 6.56. The van der Waals surface area contributed by atoms with Gasteiger partial charge in [0.25, 0.3) is 0 Å². The average Bonchev–Trinajstić information content (AvgIpc) is 2.62. The number of pyridine rings is 1. The Hall–Kier alpha value is -2.64. The first kappa shape index (κ1) is 15.3. The van der Waals surface area contributed by atoms with E-state index in [0.717, 1.165) is 11.3 Å². The summed E-state index contributed by atoms with van der Waals surface area (Å²) in [7, 11) is -3.60. The van der Waals surface area contributed by atoms with Crippen LogP contribution >= 0.6 is 0 Å². The molecule has 3 aromatic rings. The maximum Gasteiger partial charge on any atom is 0.242 e. The van der Waals surface area contributed by atoms with Gasteiger partial charge in [-0.3, -0.25) is 4.98 Å². The SMILES string of the molecule is O=S(=O)(NCc1ccc(-c2ccccc2)nn1)c1cccnc1. The number of aromatic nitrogens is 3. The second-order valence-electron chi connectivity index (χ2n) is 4.79. The van der Waals surface area contributed by atoms with Gasteiger partial charge in [-0.1, -0.05) is 30.3 Å². The highest BCUT2D eigenvalue weighted by atomic mass is 32.2. The van der Waals surface area contributed by atoms with Crippen LogP contribution in [0.15, 0.2) is 71.9 Å². The van der Waals surface area contributed by atoms with Crippen LogP contribution in [-0.4, -0.2) is 23.6 Å². The minimum absolute atomic E-state index is 0.0687. The van der Waals surface area contributed by atoms with Crippen molar-refractivity contribution in [3.05, 3.63) is 72.7 Å². The molecule has 0 aliphatic heterocycles. The predicted octanol–water partition coefficient (Wildman–Crippen LogP) is 2.02. The third-order valence-electron chi connectivity index (χ3n) is 3.18. The molecular formula is C16H14N4O2S. The molecule has 0 radical (unpaired) electrons. The Morgan fingerprint density at radius 3 is 2.39 bits per heavy atom. The van der Waals surface area contributed by atoms with Crippen LogP contribution in [0.4, 0.5) is 0 Å². The smallest absolute Gasteiger partial charge is 0.242 e. The van der Waals surface area contributed by atoms with Crippen LogP contribution in [0.25, 0.3) is 11.3 Å². The molecule has 3 rings (SSSR count). The van der Waals surface area contributed by atoms with Crippen molar-refractivity contribution in [2.75, 3.05) is 0 Å². The van der Waals surface area contributed by atoms with Crippen molar-refractivity contribution in [1.29, 1.82) is 0 Å². The van der Waals surface area contributed by atoms with Crippen molar-refractivity contribution in [2.24, 2.45) is 0 Å². The summed E-state index contributed by atoms with van der Waals surface area (Å²) in [6, 6.07) is 16.3. The van der Waals surface area contributed by atoms with Gasteiger partial charge in [0.2, 0.25) is 10.0 Å². The molecule has 0 atom stereocenters. The van der Waals surface area contributed by atoms with Crippen LogP contribution < -0.4 is 4.72 Å². The van der Waals surface area contributed by atoms with E-state index >= 15 is 0 Å². The van der Waals surface area contributed by atoms with E-state index < -0.39 is 10.0 Å². The standard InChI is InChI=1S/C16H14N4O2S/c21-23(22,15-7-4-10-17-12-15)18-11-14-8-9-16(20-19-14)13-5-2-1-3-6-13/h1-10,12,18H,11H2. The summed E-state index contributed by atoms with van der Waals surface area (Å²) in [6.07, 6.45) is 2.82. The summed E-state index contributed by atoms with van der Waals surface area (Å²) in [5.74, 6) is 0. The van der Waals surface area contributed by atoms with Gasteiger partial charge in [0, 0.05) is 18.0 Å². The molecule has 0 aliphatic carbocycles. The Balaban J connectivity index is 1.70. The van der Waals surface area contributed by atoms with Crippen molar-refractivity contribution in [3.63, 3.8) is 0 Å². The molecule has 7 heteroatoms. The van der Waals surface area contributed by atoms with Crippen molar-refractivity contribution in [3.8, 4) is 11.3 Å². The maximum absolute atomic E-state index is 12.1. The van der Waals surface area contributed by atoms with Gasteiger partial charge >= 0.3 is 0 Å². The monoisotopic (exact) mass is 326 g/mol. The van der Waals surface area contributed by atoms with Crippen LogP contribution in [0.2, 0.25) is 0 Å². The third-order valence-corrected chi connectivity index (χ3v) is 4.56. The minimum Gasteiger partial charge on any atom is -0.263 e. The molecule has 23 heavy (non-hydrogen) atoms. The lowest BCUT2D eigenvalue weighted by Crippen LogP contribution is -2.24. The fourth-order valence-corrected chi connectivity index (χ4v) is 2.94. The molecule has 0 fully saturated rings. The summed E-state index contributed by atoms with van der Waals surface area (Å²) >= 11 is 0. The minimum atomic E-state index is -3.60. The predicted molar refractivity (Wildman–Crippen MR) is 85.7 cm³/mol. The molecule has 2 heterocycles. The van der Waals surface area contributed by atoms with E-state index in [1.54, 1.807) is 12.1 Å². The van der Waals surface area contributed by atoms with Gasteiger partial charge in [-0.2, -0.15) is 10.2 Å². The number of nitrogens with zero attached hydrogens (tertiary/aromatic N) is 3. The van der Waals surface area contributed by atoms with E-state index in [1.807, 2.05) is 36.4 Å². The Morgan fingerprint density at radius 1 is 0.913 bits per heavy atom. The zero-order valence-corrected chi connectivity index (χ0v) is 12.9. The lowest BCUT2D eigenvalue weighted by molar-refractivity contribution is 0.579. The van der Waals surface area contributed by atoms with E-state index in [4.69, 9.17) is 0 Å². The van der Waals surface area contributed by atoms with Crippen molar-refractivity contribution in [1.82, 2.24) is 19.9 Å². The van der Waals surface area contributed by atoms with Gasteiger partial charge in [-0.05, 0) is 24.3 Å². The molecule has 0 unspecified atom stereocenters. The molecule has 0 saturated heterocycles. The van der Waals surface area contributed by atoms with Crippen LogP contribution in [0.5, 0.6) is 0 Å². The molecule has 6 nitrogen and oxygen atoms in total. The summed E-state index contributed by atoms with van der Waals surface area (Å²) in [6.45, 7) is 0.0687. The second kappa shape index (κ2) is 6.64. The van der Waals surface area contributed by atoms with Gasteiger partial charge in [-0.15, -0.1) is 0 Å². The first-order chi connectivity index (χ1) is 11.1. The van der Waals surface area contributed by atoms with Gasteiger partial charge in [0.05, 0.1) is 17.9 Å². The van der Waals surface area contributed by atoms with E-state index in [-0.39, 0.29) is 11.4 Å². The normalized spacial score (nSPS) is 11.3. The lowest BCUT2D eigenvalue weighted by atomic mass is 10.1. The van der Waals surface area contributed by atoms with Gasteiger partial charge < -0.3 is 0 Å². The van der Waals surface area contributed by atoms with Crippen LogP contribution in [0.3, 0.4) is 0 Å². The zero-order chi connectivity index (χ0) is 16.1. The Kier molecular flexibility index (Phi) is 4.40. The molecule has 116 valence electrons. The fraction of sp³-hybridized carbons (Fsp3) is 0.0625. The fourth-order valence-electron chi connectivity index (χ4n) is 1.98. The van der Waals surface area contributed by atoms with Gasteiger partial charge in [0.15, 0.2) is 0 Å². The van der Waals surface area contributed by atoms with E-state index in [0.29, 0.717) is 5.69 Å². The Morgan fingerprint density at radius 2 is 1.74 bits per heavy atom. The van der Waals surface area contributed by atoms with E-state index in [9.17, 15) is 8.42 Å². The Labute approximate surface area is 134 Å². The molecule has 0 bridgehead atoms. The highest BCUT2D eigenvalue weighted by Crippen LogP contribution is 2.15. The molecule has 0 amide bonds. The quantitative estimate of drug-likeness (QED) is 0.775. The van der Waals surface area contributed by atoms with Crippen molar-refractivity contribution < 1.29 is 8.42 Å². The molecule has 1 N–H and O–H groups in total. The topological polar surface area (TPSA) is 84.8 Å². The summed E-state index contributed by atoms with van der Waals surface area (Å²) in [5.41, 5.74) is 2.24. The highest BCUT2D eigenvalue weighted by Gasteiger charge is 2.13. The van der Waals surface area contributed by atoms with Crippen LogP contribution in [0, 0.1) is 0 Å². The summed E-state index contributed by atoms with van der Waals surface area (Å²) < 4.78 is 26.7. The number of nitrogens with one attached hydrogen (secondary N) is 1. The highest BCUT2D eigenvalue weighted by molar-refractivity contribution is 7.89. The van der Waals surface area contributed by atoms with Gasteiger partial charge in [-0.25, -0.2) is 13.1 Å². The van der Waals surface area contributed by atoms with Crippen molar-refractivity contribution >= 4 is 10.0 Å². The molecular weight excluding hydrogens is 312 g/mol. The molecule has 0 saturated carbocycles. The lowest BCUT2D eigenvalue weighted by Gasteiger charge is -2.06. The van der Waals surface area contributed by atoms with E-state index in [2.05, 4.69) is 19.9 Å². The van der Waals surface area contributed by atoms with Crippen LogP contribution in [-0.2, 0) is 16.6 Å². The molecule has 0 spiro atoms. The summed E-state index contributed by atoms with van der Waals surface area (Å²) in [4.78, 5) is 3.92. The number of hydrogen-bond acceptors (Lipinski definition) is 5. The molecule has 2 aromatic heterocycles. The zero-order valence-electron chi connectivity index (χ0n) is 12.1. The average molecular weight is 326 g/mol. The summed E-state index contributed by atoms with van der Waals surface area (Å²) in [5, 5.41) is 8.18. The Bertz CT molecular complexity index is 867. The first-order valence-electron chi connectivity index (χ1n) is 6.93. The molecule has 1 aromatic carbocycles. The number of rotatable bonds is 5. The maximum atomic E-state index is 12.1. The van der Waals surface area contributed by atoms with E-state index in [1.165, 1.54) is 18.5 Å². The third kappa shape index (κ3) is 3.77. The first-order valence-corrected chi connectivity index (χ1v) is 8.41. The van der Waals surface area contributed by atoms with Crippen LogP contribution in [0.1, 0.15) is 5.69 Å². The number of hydrogen-bond donors (Lipinski definition) is 1. The molecule has 0 aliphatic rings. The number of benzene rings is 1.